The Hall–Kier alpha value is -1.45. The summed E-state index contributed by atoms with van der Waals surface area (Å²) in [5.74, 6) is 0. The lowest BCUT2D eigenvalue weighted by Gasteiger charge is -2.18. The molecule has 0 aromatic heterocycles. The molecule has 1 unspecified atom stereocenters. The van der Waals surface area contributed by atoms with E-state index in [4.69, 9.17) is 0 Å². The van der Waals surface area contributed by atoms with Gasteiger partial charge < -0.3 is 4.55 Å². The van der Waals surface area contributed by atoms with E-state index in [0.717, 1.165) is 17.1 Å². The molecule has 2 aromatic rings. The van der Waals surface area contributed by atoms with Crippen molar-refractivity contribution in [2.24, 2.45) is 0 Å². The monoisotopic (exact) mass is 243 g/mol. The molecule has 0 amide bonds. The second-order valence-electron chi connectivity index (χ2n) is 4.17. The highest BCUT2D eigenvalue weighted by atomic mass is 32.2. The molecule has 17 heavy (non-hydrogen) atoms. The highest BCUT2D eigenvalue weighted by Gasteiger charge is 2.34. The van der Waals surface area contributed by atoms with Crippen molar-refractivity contribution in [2.45, 2.75) is 18.4 Å². The van der Waals surface area contributed by atoms with Crippen molar-refractivity contribution in [2.75, 3.05) is 4.31 Å². The third kappa shape index (κ3) is 1.72. The molecule has 2 aromatic carbocycles. The minimum atomic E-state index is -1.06. The van der Waals surface area contributed by atoms with Crippen molar-refractivity contribution in [3.8, 4) is 0 Å². The van der Waals surface area contributed by atoms with Crippen LogP contribution in [0.15, 0.2) is 53.4 Å². The van der Waals surface area contributed by atoms with Gasteiger partial charge in [-0.25, -0.2) is 0 Å². The van der Waals surface area contributed by atoms with Crippen molar-refractivity contribution in [3.05, 3.63) is 59.7 Å². The van der Waals surface area contributed by atoms with Gasteiger partial charge in [0.2, 0.25) is 0 Å². The Kier molecular flexibility index (Phi) is 2.57. The molecule has 1 aliphatic rings. The van der Waals surface area contributed by atoms with Crippen LogP contribution in [0.5, 0.6) is 0 Å². The van der Waals surface area contributed by atoms with Crippen LogP contribution in [0.25, 0.3) is 0 Å². The third-order valence-electron chi connectivity index (χ3n) is 3.10. The lowest BCUT2D eigenvalue weighted by Crippen LogP contribution is -2.23. The number of fused-ring (bicyclic) bond motifs is 1. The largest absolute Gasteiger partial charge is 0.588 e. The van der Waals surface area contributed by atoms with E-state index >= 15 is 0 Å². The molecule has 0 spiro atoms. The number of nitrogens with zero attached hydrogens (tertiary/aromatic N) is 1. The Bertz CT molecular complexity index is 541. The molecular weight excluding hydrogens is 230 g/mol. The molecule has 0 fully saturated rings. The second-order valence-corrected chi connectivity index (χ2v) is 5.55. The molecule has 0 saturated carbocycles. The summed E-state index contributed by atoms with van der Waals surface area (Å²) in [5.41, 5.74) is 3.44. The lowest BCUT2D eigenvalue weighted by molar-refractivity contribution is 0.595. The summed E-state index contributed by atoms with van der Waals surface area (Å²) in [7, 11) is 0. The molecule has 1 heterocycles. The van der Waals surface area contributed by atoms with Crippen LogP contribution in [-0.2, 0) is 17.9 Å². The van der Waals surface area contributed by atoms with Crippen LogP contribution in [-0.4, -0.2) is 4.55 Å². The van der Waals surface area contributed by atoms with Crippen LogP contribution in [0.4, 0.5) is 5.69 Å². The Balaban J connectivity index is 2.02. The lowest BCUT2D eigenvalue weighted by atomic mass is 10.1. The van der Waals surface area contributed by atoms with Gasteiger partial charge in [0.15, 0.2) is 4.90 Å². The summed E-state index contributed by atoms with van der Waals surface area (Å²) in [6.07, 6.45) is 0. The predicted octanol–water partition coefficient (Wildman–Crippen LogP) is 3.04. The zero-order valence-electron chi connectivity index (χ0n) is 9.59. The smallest absolute Gasteiger partial charge is 0.185 e. The molecule has 0 aliphatic carbocycles. The van der Waals surface area contributed by atoms with Crippen LogP contribution < -0.4 is 4.31 Å². The van der Waals surface area contributed by atoms with Gasteiger partial charge in [-0.15, -0.1) is 0 Å². The van der Waals surface area contributed by atoms with E-state index in [2.05, 4.69) is 13.0 Å². The molecule has 0 radical (unpaired) electrons. The summed E-state index contributed by atoms with van der Waals surface area (Å²) >= 11 is -1.06. The van der Waals surface area contributed by atoms with Crippen molar-refractivity contribution in [3.63, 3.8) is 0 Å². The van der Waals surface area contributed by atoms with Crippen LogP contribution in [0.3, 0.4) is 0 Å². The number of benzene rings is 2. The summed E-state index contributed by atoms with van der Waals surface area (Å²) in [6.45, 7) is 2.81. The number of anilines is 1. The summed E-state index contributed by atoms with van der Waals surface area (Å²) in [5, 5.41) is 0. The summed E-state index contributed by atoms with van der Waals surface area (Å²) < 4.78 is 14.3. The van der Waals surface area contributed by atoms with Gasteiger partial charge in [-0.2, -0.15) is 4.31 Å². The molecule has 2 nitrogen and oxygen atoms in total. The van der Waals surface area contributed by atoms with Crippen LogP contribution in [0, 0.1) is 6.92 Å². The van der Waals surface area contributed by atoms with E-state index in [1.807, 2.05) is 46.8 Å². The minimum absolute atomic E-state index is 0.735. The normalized spacial score (nSPS) is 18.2. The maximum absolute atomic E-state index is 12.4. The van der Waals surface area contributed by atoms with Gasteiger partial charge in [0.25, 0.3) is 0 Å². The molecule has 1 aliphatic heterocycles. The molecule has 0 bridgehead atoms. The van der Waals surface area contributed by atoms with Crippen LogP contribution >= 0.6 is 0 Å². The third-order valence-corrected chi connectivity index (χ3v) is 4.60. The van der Waals surface area contributed by atoms with Crippen molar-refractivity contribution in [1.82, 2.24) is 0 Å². The Morgan fingerprint density at radius 3 is 2.53 bits per heavy atom. The first kappa shape index (κ1) is 10.7. The van der Waals surface area contributed by atoms with Crippen molar-refractivity contribution < 1.29 is 4.55 Å². The fourth-order valence-electron chi connectivity index (χ4n) is 2.14. The fraction of sp³-hybridized carbons (Fsp3) is 0.143. The first-order chi connectivity index (χ1) is 8.27. The van der Waals surface area contributed by atoms with Gasteiger partial charge in [-0.05, 0) is 30.7 Å². The minimum Gasteiger partial charge on any atom is -0.588 e. The SMILES string of the molecule is Cc1cccc2c1CN(c1ccccc1)[S+]2[O-]. The van der Waals surface area contributed by atoms with Crippen LogP contribution in [0.2, 0.25) is 0 Å². The molecule has 0 N–H and O–H groups in total. The topological polar surface area (TPSA) is 26.3 Å². The average Bonchev–Trinajstić information content (AvgIpc) is 2.70. The molecule has 86 valence electrons. The predicted molar refractivity (Wildman–Crippen MR) is 70.2 cm³/mol. The highest BCUT2D eigenvalue weighted by molar-refractivity contribution is 7.93. The molecule has 1 atom stereocenters. The van der Waals surface area contributed by atoms with Crippen LogP contribution in [0.1, 0.15) is 11.1 Å². The maximum atomic E-state index is 12.4. The highest BCUT2D eigenvalue weighted by Crippen LogP contribution is 2.35. The summed E-state index contributed by atoms with van der Waals surface area (Å²) in [6, 6.07) is 15.9. The van der Waals surface area contributed by atoms with E-state index in [1.165, 1.54) is 11.1 Å². The number of hydrogen-bond acceptors (Lipinski definition) is 2. The van der Waals surface area contributed by atoms with E-state index in [9.17, 15) is 4.55 Å². The standard InChI is InChI=1S/C14H13NOS/c1-11-6-5-9-14-13(11)10-15(17(14)16)12-7-3-2-4-8-12/h2-9H,10H2,1H3. The van der Waals surface area contributed by atoms with Gasteiger partial charge in [-0.3, -0.25) is 0 Å². The van der Waals surface area contributed by atoms with Gasteiger partial charge in [0, 0.05) is 5.56 Å². The second kappa shape index (κ2) is 4.09. The van der Waals surface area contributed by atoms with Gasteiger partial charge in [-0.1, -0.05) is 30.3 Å². The quantitative estimate of drug-likeness (QED) is 0.720. The zero-order valence-corrected chi connectivity index (χ0v) is 10.4. The Labute approximate surface area is 104 Å². The Morgan fingerprint density at radius 1 is 1.06 bits per heavy atom. The summed E-state index contributed by atoms with van der Waals surface area (Å²) in [4.78, 5) is 0.953. The van der Waals surface area contributed by atoms with E-state index in [1.54, 1.807) is 0 Å². The van der Waals surface area contributed by atoms with Gasteiger partial charge >= 0.3 is 0 Å². The van der Waals surface area contributed by atoms with Crippen molar-refractivity contribution >= 4 is 17.0 Å². The first-order valence-corrected chi connectivity index (χ1v) is 6.71. The Morgan fingerprint density at radius 2 is 1.82 bits per heavy atom. The van der Waals surface area contributed by atoms with E-state index in [-0.39, 0.29) is 0 Å². The number of hydrogen-bond donors (Lipinski definition) is 0. The zero-order chi connectivity index (χ0) is 11.8. The van der Waals surface area contributed by atoms with E-state index in [0.29, 0.717) is 0 Å². The number of rotatable bonds is 1. The fourth-order valence-corrected chi connectivity index (χ4v) is 3.57. The molecular formula is C14H13NOS. The maximum Gasteiger partial charge on any atom is 0.185 e. The number of aryl methyl sites for hydroxylation is 1. The molecule has 0 saturated heterocycles. The molecule has 3 heteroatoms. The van der Waals surface area contributed by atoms with E-state index < -0.39 is 11.4 Å². The molecule has 3 rings (SSSR count). The van der Waals surface area contributed by atoms with Gasteiger partial charge in [0.1, 0.15) is 11.4 Å². The number of para-hydroxylation sites is 1. The van der Waals surface area contributed by atoms with Crippen molar-refractivity contribution in [1.29, 1.82) is 0 Å². The van der Waals surface area contributed by atoms with Gasteiger partial charge in [0.05, 0.1) is 12.2 Å². The first-order valence-electron chi connectivity index (χ1n) is 5.60. The average molecular weight is 243 g/mol.